The Hall–Kier alpha value is -2.27. The number of carbonyl (C=O) groups excluding carboxylic acids is 1. The van der Waals surface area contributed by atoms with Crippen molar-refractivity contribution >= 4 is 5.91 Å². The Bertz CT molecular complexity index is 823. The summed E-state index contributed by atoms with van der Waals surface area (Å²) in [6.07, 6.45) is 5.12. The number of fused-ring (bicyclic) bond motifs is 1. The molecule has 148 valence electrons. The largest absolute Gasteiger partial charge is 0.342 e. The van der Waals surface area contributed by atoms with Crippen molar-refractivity contribution in [2.75, 3.05) is 26.2 Å². The topological polar surface area (TPSA) is 49.3 Å². The van der Waals surface area contributed by atoms with Gasteiger partial charge in [-0.15, -0.1) is 0 Å². The summed E-state index contributed by atoms with van der Waals surface area (Å²) in [5, 5.41) is 0. The van der Waals surface area contributed by atoms with E-state index in [-0.39, 0.29) is 11.8 Å². The van der Waals surface area contributed by atoms with E-state index in [0.29, 0.717) is 5.92 Å². The van der Waals surface area contributed by atoms with Gasteiger partial charge in [-0.3, -0.25) is 9.69 Å². The van der Waals surface area contributed by atoms with Gasteiger partial charge in [0.15, 0.2) is 0 Å². The molecule has 0 unspecified atom stereocenters. The van der Waals surface area contributed by atoms with Crippen LogP contribution < -0.4 is 0 Å². The summed E-state index contributed by atoms with van der Waals surface area (Å²) in [6.45, 7) is 8.61. The number of carbonyl (C=O) groups is 1. The van der Waals surface area contributed by atoms with Gasteiger partial charge in [-0.1, -0.05) is 37.3 Å². The lowest BCUT2D eigenvalue weighted by Crippen LogP contribution is -2.38. The normalized spacial score (nSPS) is 21.2. The van der Waals surface area contributed by atoms with Crippen molar-refractivity contribution in [2.45, 2.75) is 51.5 Å². The zero-order chi connectivity index (χ0) is 19.5. The third-order valence-corrected chi connectivity index (χ3v) is 6.16. The summed E-state index contributed by atoms with van der Waals surface area (Å²) >= 11 is 0. The van der Waals surface area contributed by atoms with E-state index in [1.165, 1.54) is 16.8 Å². The predicted octanol–water partition coefficient (Wildman–Crippen LogP) is 3.36. The van der Waals surface area contributed by atoms with Gasteiger partial charge in [0.25, 0.3) is 0 Å². The van der Waals surface area contributed by atoms with Gasteiger partial charge in [0.2, 0.25) is 5.91 Å². The molecule has 2 aliphatic heterocycles. The molecular formula is C23H30N4O. The zero-order valence-corrected chi connectivity index (χ0v) is 17.0. The molecule has 0 N–H and O–H groups in total. The van der Waals surface area contributed by atoms with E-state index < -0.39 is 0 Å². The highest BCUT2D eigenvalue weighted by molar-refractivity contribution is 5.73. The first-order chi connectivity index (χ1) is 13.6. The summed E-state index contributed by atoms with van der Waals surface area (Å²) in [6, 6.07) is 10.7. The molecule has 2 aliphatic rings. The summed E-state index contributed by atoms with van der Waals surface area (Å²) < 4.78 is 0. The lowest BCUT2D eigenvalue weighted by molar-refractivity contribution is -0.130. The maximum Gasteiger partial charge on any atom is 0.219 e. The number of benzene rings is 1. The summed E-state index contributed by atoms with van der Waals surface area (Å²) in [7, 11) is 0. The maximum absolute atomic E-state index is 11.7. The van der Waals surface area contributed by atoms with Crippen LogP contribution in [0.2, 0.25) is 0 Å². The van der Waals surface area contributed by atoms with Crippen molar-refractivity contribution < 1.29 is 4.79 Å². The van der Waals surface area contributed by atoms with E-state index in [9.17, 15) is 4.79 Å². The molecule has 0 spiro atoms. The molecule has 1 saturated heterocycles. The van der Waals surface area contributed by atoms with E-state index in [4.69, 9.17) is 9.97 Å². The van der Waals surface area contributed by atoms with E-state index in [0.717, 1.165) is 57.8 Å². The van der Waals surface area contributed by atoms with E-state index in [1.807, 2.05) is 11.1 Å². The molecular weight excluding hydrogens is 348 g/mol. The Morgan fingerprint density at radius 2 is 2.07 bits per heavy atom. The molecule has 1 aromatic heterocycles. The molecule has 0 bridgehead atoms. The first kappa shape index (κ1) is 19.1. The molecule has 1 aromatic carbocycles. The van der Waals surface area contributed by atoms with E-state index >= 15 is 0 Å². The molecule has 5 nitrogen and oxygen atoms in total. The van der Waals surface area contributed by atoms with E-state index in [2.05, 4.69) is 42.2 Å². The van der Waals surface area contributed by atoms with Crippen LogP contribution in [-0.4, -0.2) is 51.9 Å². The molecule has 28 heavy (non-hydrogen) atoms. The number of piperidine rings is 1. The highest BCUT2D eigenvalue weighted by atomic mass is 16.2. The van der Waals surface area contributed by atoms with Crippen LogP contribution in [0.3, 0.4) is 0 Å². The van der Waals surface area contributed by atoms with Crippen LogP contribution in [0, 0.1) is 0 Å². The van der Waals surface area contributed by atoms with Crippen LogP contribution in [0.15, 0.2) is 36.5 Å². The maximum atomic E-state index is 11.7. The molecule has 5 heteroatoms. The van der Waals surface area contributed by atoms with Gasteiger partial charge < -0.3 is 4.90 Å². The second kappa shape index (κ2) is 8.39. The van der Waals surface area contributed by atoms with Crippen molar-refractivity contribution in [3.05, 3.63) is 59.2 Å². The highest BCUT2D eigenvalue weighted by Crippen LogP contribution is 2.27. The van der Waals surface area contributed by atoms with Crippen LogP contribution in [0.1, 0.15) is 61.2 Å². The molecule has 4 rings (SSSR count). The fraction of sp³-hybridized carbons (Fsp3) is 0.522. The summed E-state index contributed by atoms with van der Waals surface area (Å²) in [5.41, 5.74) is 3.86. The Morgan fingerprint density at radius 3 is 2.86 bits per heavy atom. The average Bonchev–Trinajstić information content (AvgIpc) is 2.74. The van der Waals surface area contributed by atoms with Gasteiger partial charge in [0.1, 0.15) is 5.82 Å². The Labute approximate surface area is 167 Å². The van der Waals surface area contributed by atoms with Gasteiger partial charge in [-0.25, -0.2) is 9.97 Å². The summed E-state index contributed by atoms with van der Waals surface area (Å²) in [5.74, 6) is 1.88. The first-order valence-electron chi connectivity index (χ1n) is 10.5. The third kappa shape index (κ3) is 4.25. The minimum Gasteiger partial charge on any atom is -0.342 e. The van der Waals surface area contributed by atoms with Crippen molar-refractivity contribution in [3.63, 3.8) is 0 Å². The van der Waals surface area contributed by atoms with Crippen molar-refractivity contribution in [1.29, 1.82) is 0 Å². The third-order valence-electron chi connectivity index (χ3n) is 6.16. The molecule has 1 fully saturated rings. The molecule has 2 aromatic rings. The van der Waals surface area contributed by atoms with Crippen LogP contribution in [-0.2, 0) is 17.8 Å². The van der Waals surface area contributed by atoms with Gasteiger partial charge in [-0.05, 0) is 24.3 Å². The minimum atomic E-state index is 0.158. The Kier molecular flexibility index (Phi) is 5.72. The average molecular weight is 379 g/mol. The van der Waals surface area contributed by atoms with Crippen molar-refractivity contribution in [3.8, 4) is 0 Å². The quantitative estimate of drug-likeness (QED) is 0.819. The number of nitrogens with zero attached hydrogens (tertiary/aromatic N) is 4. The molecule has 0 aliphatic carbocycles. The van der Waals surface area contributed by atoms with Gasteiger partial charge in [-0.2, -0.15) is 0 Å². The molecule has 2 atom stereocenters. The fourth-order valence-electron chi connectivity index (χ4n) is 4.49. The number of aromatic nitrogens is 2. The minimum absolute atomic E-state index is 0.158. The number of amides is 1. The lowest BCUT2D eigenvalue weighted by atomic mass is 9.96. The molecule has 0 saturated carbocycles. The number of hydrogen-bond donors (Lipinski definition) is 0. The fourth-order valence-corrected chi connectivity index (χ4v) is 4.49. The number of hydrogen-bond acceptors (Lipinski definition) is 4. The second-order valence-corrected chi connectivity index (χ2v) is 8.30. The molecule has 0 radical (unpaired) electrons. The zero-order valence-electron chi connectivity index (χ0n) is 17.0. The molecule has 1 amide bonds. The second-order valence-electron chi connectivity index (χ2n) is 8.30. The molecule has 3 heterocycles. The first-order valence-corrected chi connectivity index (χ1v) is 10.5. The van der Waals surface area contributed by atoms with E-state index in [1.54, 1.807) is 6.92 Å². The smallest absolute Gasteiger partial charge is 0.219 e. The van der Waals surface area contributed by atoms with Gasteiger partial charge >= 0.3 is 0 Å². The van der Waals surface area contributed by atoms with Crippen molar-refractivity contribution in [1.82, 2.24) is 19.8 Å². The monoisotopic (exact) mass is 378 g/mol. The van der Waals surface area contributed by atoms with Crippen LogP contribution in [0.4, 0.5) is 0 Å². The van der Waals surface area contributed by atoms with Crippen LogP contribution >= 0.6 is 0 Å². The number of likely N-dealkylation sites (tertiary alicyclic amines) is 1. The van der Waals surface area contributed by atoms with Crippen LogP contribution in [0.25, 0.3) is 0 Å². The predicted molar refractivity (Wildman–Crippen MR) is 110 cm³/mol. The Morgan fingerprint density at radius 1 is 1.25 bits per heavy atom. The summed E-state index contributed by atoms with van der Waals surface area (Å²) in [4.78, 5) is 25.8. The lowest BCUT2D eigenvalue weighted by Gasteiger charge is -2.33. The SMILES string of the molecule is CC(=O)N1CCC[C@@H](c2ncc3c(n2)CCN(C[C@@H](C)c2ccccc2)C3)C1. The van der Waals surface area contributed by atoms with Crippen LogP contribution in [0.5, 0.6) is 0 Å². The number of rotatable bonds is 4. The standard InChI is InChI=1S/C23H30N4O/c1-17(19-7-4-3-5-8-19)14-26-12-10-22-21(15-26)13-24-23(25-22)20-9-6-11-27(16-20)18(2)28/h3-5,7-8,13,17,20H,6,9-12,14-16H2,1-2H3/t17-,20-/m1/s1. The van der Waals surface area contributed by atoms with Gasteiger partial charge in [0, 0.05) is 69.4 Å². The van der Waals surface area contributed by atoms with Crippen molar-refractivity contribution in [2.24, 2.45) is 0 Å². The Balaban J connectivity index is 1.41. The van der Waals surface area contributed by atoms with Gasteiger partial charge in [0.05, 0.1) is 0 Å². The highest BCUT2D eigenvalue weighted by Gasteiger charge is 2.27.